The number of aromatic nitrogens is 1. The highest BCUT2D eigenvalue weighted by Gasteiger charge is 2.52. The number of nitrogens with one attached hydrogen (secondary N) is 1. The van der Waals surface area contributed by atoms with Gasteiger partial charge in [0.15, 0.2) is 0 Å². The Morgan fingerprint density at radius 2 is 1.70 bits per heavy atom. The molecule has 2 heterocycles. The molecule has 1 N–H and O–H groups in total. The molecule has 0 aromatic carbocycles. The minimum atomic E-state index is -0.304. The molecule has 0 saturated carbocycles. The summed E-state index contributed by atoms with van der Waals surface area (Å²) in [4.78, 5) is 3.53. The molecule has 1 fully saturated rings. The van der Waals surface area contributed by atoms with Crippen LogP contribution in [-0.2, 0) is 9.31 Å². The van der Waals surface area contributed by atoms with E-state index in [-0.39, 0.29) is 18.3 Å². The molecular formula is C16H24BNO2. The summed E-state index contributed by atoms with van der Waals surface area (Å²) in [6.07, 6.45) is 4.47. The number of allylic oxidation sites excluding steroid dienone is 1. The summed E-state index contributed by atoms with van der Waals surface area (Å²) in [6, 6.07) is 2.16. The molecule has 108 valence electrons. The monoisotopic (exact) mass is 273 g/mol. The fourth-order valence-corrected chi connectivity index (χ4v) is 2.81. The van der Waals surface area contributed by atoms with Crippen molar-refractivity contribution in [3.8, 4) is 0 Å². The van der Waals surface area contributed by atoms with E-state index in [0.717, 1.165) is 5.59 Å². The number of fused-ring (bicyclic) bond motifs is 1. The first-order chi connectivity index (χ1) is 9.21. The second-order valence-corrected chi connectivity index (χ2v) is 7.19. The number of hydrogen-bond acceptors (Lipinski definition) is 2. The second kappa shape index (κ2) is 4.25. The van der Waals surface area contributed by atoms with Gasteiger partial charge in [-0.05, 0) is 45.2 Å². The Morgan fingerprint density at radius 1 is 1.10 bits per heavy atom. The van der Waals surface area contributed by atoms with Gasteiger partial charge in [-0.3, -0.25) is 0 Å². The Hall–Kier alpha value is -0.995. The molecule has 3 rings (SSSR count). The van der Waals surface area contributed by atoms with Crippen LogP contribution in [0.5, 0.6) is 0 Å². The maximum atomic E-state index is 6.11. The van der Waals surface area contributed by atoms with Gasteiger partial charge in [0.2, 0.25) is 0 Å². The topological polar surface area (TPSA) is 34.2 Å². The average molecular weight is 273 g/mol. The largest absolute Gasteiger partial charge is 0.512 e. The lowest BCUT2D eigenvalue weighted by atomic mass is 9.84. The Morgan fingerprint density at radius 3 is 2.30 bits per heavy atom. The highest BCUT2D eigenvalue weighted by Crippen LogP contribution is 2.37. The van der Waals surface area contributed by atoms with Crippen molar-refractivity contribution in [1.29, 1.82) is 0 Å². The van der Waals surface area contributed by atoms with E-state index >= 15 is 0 Å². The quantitative estimate of drug-likeness (QED) is 0.798. The minimum absolute atomic E-state index is 0.294. The van der Waals surface area contributed by atoms with Crippen LogP contribution in [0.3, 0.4) is 0 Å². The molecule has 2 aliphatic rings. The van der Waals surface area contributed by atoms with Crippen molar-refractivity contribution < 1.29 is 9.31 Å². The Kier molecular flexibility index (Phi) is 2.97. The van der Waals surface area contributed by atoms with Gasteiger partial charge in [-0.2, -0.15) is 0 Å². The number of hydrogen-bond donors (Lipinski definition) is 1. The van der Waals surface area contributed by atoms with E-state index in [4.69, 9.17) is 9.31 Å². The van der Waals surface area contributed by atoms with Gasteiger partial charge in [-0.25, -0.2) is 0 Å². The third-order valence-electron chi connectivity index (χ3n) is 5.23. The van der Waals surface area contributed by atoms with Gasteiger partial charge < -0.3 is 14.3 Å². The van der Waals surface area contributed by atoms with E-state index in [1.165, 1.54) is 11.3 Å². The lowest BCUT2D eigenvalue weighted by Crippen LogP contribution is -2.41. The van der Waals surface area contributed by atoms with Crippen LogP contribution in [0.4, 0.5) is 0 Å². The molecule has 0 amide bonds. The summed E-state index contributed by atoms with van der Waals surface area (Å²) in [5.41, 5.74) is 3.00. The van der Waals surface area contributed by atoms with Gasteiger partial charge in [0, 0.05) is 17.2 Å². The van der Waals surface area contributed by atoms with Crippen LogP contribution < -0.4 is 5.59 Å². The third kappa shape index (κ3) is 1.97. The predicted molar refractivity (Wildman–Crippen MR) is 83.1 cm³/mol. The maximum Gasteiger partial charge on any atom is 0.512 e. The molecule has 20 heavy (non-hydrogen) atoms. The molecule has 0 spiro atoms. The van der Waals surface area contributed by atoms with Gasteiger partial charge >= 0.3 is 7.12 Å². The van der Waals surface area contributed by atoms with Crippen molar-refractivity contribution >= 4 is 18.8 Å². The van der Waals surface area contributed by atoms with Gasteiger partial charge in [0.05, 0.1) is 11.2 Å². The smallest absolute Gasteiger partial charge is 0.398 e. The SMILES string of the molecule is CC1C=Cc2cc(B3OC(C)(C)C(C)(C)O3)[nH]c2C1C. The molecule has 3 nitrogen and oxygen atoms in total. The molecule has 2 atom stereocenters. The zero-order valence-electron chi connectivity index (χ0n) is 13.3. The highest BCUT2D eigenvalue weighted by molar-refractivity contribution is 6.61. The van der Waals surface area contributed by atoms with Crippen molar-refractivity contribution in [1.82, 2.24) is 4.98 Å². The number of aromatic amines is 1. The molecular weight excluding hydrogens is 249 g/mol. The molecule has 1 saturated heterocycles. The van der Waals surface area contributed by atoms with Gasteiger partial charge in [0.25, 0.3) is 0 Å². The maximum absolute atomic E-state index is 6.11. The predicted octanol–water partition coefficient (Wildman–Crippen LogP) is 3.08. The van der Waals surface area contributed by atoms with Crippen LogP contribution >= 0.6 is 0 Å². The molecule has 1 aliphatic heterocycles. The zero-order chi connectivity index (χ0) is 14.7. The first kappa shape index (κ1) is 14.0. The zero-order valence-corrected chi connectivity index (χ0v) is 13.3. The molecule has 1 aromatic rings. The molecule has 0 bridgehead atoms. The molecule has 4 heteroatoms. The van der Waals surface area contributed by atoms with E-state index in [2.05, 4.69) is 64.7 Å². The minimum Gasteiger partial charge on any atom is -0.398 e. The van der Waals surface area contributed by atoms with Crippen molar-refractivity contribution in [2.45, 2.75) is 58.7 Å². The molecule has 2 unspecified atom stereocenters. The van der Waals surface area contributed by atoms with Crippen LogP contribution in [0.15, 0.2) is 12.1 Å². The third-order valence-corrected chi connectivity index (χ3v) is 5.23. The second-order valence-electron chi connectivity index (χ2n) is 7.19. The van der Waals surface area contributed by atoms with Crippen LogP contribution in [0.25, 0.3) is 6.08 Å². The van der Waals surface area contributed by atoms with Crippen molar-refractivity contribution in [3.63, 3.8) is 0 Å². The van der Waals surface area contributed by atoms with Gasteiger partial charge in [0.1, 0.15) is 0 Å². The number of rotatable bonds is 1. The van der Waals surface area contributed by atoms with Crippen molar-refractivity contribution in [2.24, 2.45) is 5.92 Å². The highest BCUT2D eigenvalue weighted by atomic mass is 16.7. The summed E-state index contributed by atoms with van der Waals surface area (Å²) < 4.78 is 12.2. The lowest BCUT2D eigenvalue weighted by molar-refractivity contribution is 0.00578. The van der Waals surface area contributed by atoms with E-state index in [1.54, 1.807) is 0 Å². The van der Waals surface area contributed by atoms with Crippen LogP contribution in [0, 0.1) is 5.92 Å². The average Bonchev–Trinajstić information content (AvgIpc) is 2.85. The fraction of sp³-hybridized carbons (Fsp3) is 0.625. The van der Waals surface area contributed by atoms with Crippen LogP contribution in [0.1, 0.15) is 58.7 Å². The van der Waals surface area contributed by atoms with E-state index in [0.29, 0.717) is 11.8 Å². The summed E-state index contributed by atoms with van der Waals surface area (Å²) >= 11 is 0. The molecule has 0 radical (unpaired) electrons. The summed E-state index contributed by atoms with van der Waals surface area (Å²) in [5, 5.41) is 0. The van der Waals surface area contributed by atoms with Crippen LogP contribution in [-0.4, -0.2) is 23.3 Å². The molecule has 1 aromatic heterocycles. The van der Waals surface area contributed by atoms with E-state index in [1.807, 2.05) is 0 Å². The Balaban J connectivity index is 1.91. The molecule has 1 aliphatic carbocycles. The fourth-order valence-electron chi connectivity index (χ4n) is 2.81. The lowest BCUT2D eigenvalue weighted by Gasteiger charge is -2.32. The van der Waals surface area contributed by atoms with E-state index < -0.39 is 0 Å². The summed E-state index contributed by atoms with van der Waals surface area (Å²) in [6.45, 7) is 12.8. The van der Waals surface area contributed by atoms with Gasteiger partial charge in [-0.1, -0.05) is 26.0 Å². The van der Waals surface area contributed by atoms with E-state index in [9.17, 15) is 0 Å². The summed E-state index contributed by atoms with van der Waals surface area (Å²) in [7, 11) is -0.304. The normalized spacial score (nSPS) is 30.6. The van der Waals surface area contributed by atoms with Crippen molar-refractivity contribution in [3.05, 3.63) is 23.4 Å². The van der Waals surface area contributed by atoms with Crippen LogP contribution in [0.2, 0.25) is 0 Å². The first-order valence-corrected chi connectivity index (χ1v) is 7.48. The summed E-state index contributed by atoms with van der Waals surface area (Å²) in [5.74, 6) is 1.07. The van der Waals surface area contributed by atoms with Crippen molar-refractivity contribution in [2.75, 3.05) is 0 Å². The van der Waals surface area contributed by atoms with Gasteiger partial charge in [-0.15, -0.1) is 0 Å². The standard InChI is InChI=1S/C16H24BNO2/c1-10-7-8-12-9-13(18-14(12)11(10)2)17-19-15(3,4)16(5,6)20-17/h7-11,18H,1-6H3. The Labute approximate surface area is 121 Å². The first-order valence-electron chi connectivity index (χ1n) is 7.48. The Bertz CT molecular complexity index is 543. The number of H-pyrrole nitrogens is 1.